The van der Waals surface area contributed by atoms with Crippen molar-refractivity contribution in [1.82, 2.24) is 20.1 Å². The average Bonchev–Trinajstić information content (AvgIpc) is 3.14. The van der Waals surface area contributed by atoms with E-state index in [4.69, 9.17) is 10.5 Å². The Morgan fingerprint density at radius 2 is 2.12 bits per heavy atom. The maximum atomic E-state index is 12.7. The molecule has 0 bridgehead atoms. The third-order valence-electron chi connectivity index (χ3n) is 5.09. The summed E-state index contributed by atoms with van der Waals surface area (Å²) in [5.74, 6) is -2.99. The third kappa shape index (κ3) is 4.82. The second kappa shape index (κ2) is 10.3. The van der Waals surface area contributed by atoms with Gasteiger partial charge in [0.1, 0.15) is 23.7 Å². The number of nitrogens with zero attached hydrogens (tertiary/aromatic N) is 4. The van der Waals surface area contributed by atoms with Crippen molar-refractivity contribution in [3.05, 3.63) is 22.3 Å². The number of fused-ring (bicyclic) bond motifs is 1. The fraction of sp³-hybridized carbons (Fsp3) is 0.412. The molecular weight excluding hydrogens is 487 g/mol. The van der Waals surface area contributed by atoms with Crippen LogP contribution in [0.5, 0.6) is 0 Å². The fourth-order valence-electron chi connectivity index (χ4n) is 3.34. The molecule has 0 aromatic carbocycles. The van der Waals surface area contributed by atoms with E-state index in [0.717, 1.165) is 22.7 Å². The van der Waals surface area contributed by atoms with Gasteiger partial charge in [-0.25, -0.2) is 9.78 Å². The molecule has 3 amide bonds. The molecule has 2 atom stereocenters. The van der Waals surface area contributed by atoms with Crippen molar-refractivity contribution >= 4 is 57.8 Å². The molecule has 2 fully saturated rings. The molecule has 3 aliphatic rings. The number of thiazole rings is 1. The second-order valence-electron chi connectivity index (χ2n) is 7.02. The Balaban J connectivity index is 0.00000306. The number of amides is 3. The summed E-state index contributed by atoms with van der Waals surface area (Å²) in [6.45, 7) is 0.882. The molecule has 33 heavy (non-hydrogen) atoms. The van der Waals surface area contributed by atoms with E-state index in [0.29, 0.717) is 13.1 Å². The van der Waals surface area contributed by atoms with Gasteiger partial charge >= 0.3 is 35.7 Å². The monoisotopic (exact) mass is 504 g/mol. The SMILES string of the molecule is Nc1nc(/C(=N\O)C(=O)NC2C(=O)N3C(C(=O)[O-])=C(COC(=O)N4CCC4)CS[C@H]23)cs1.[Na+]. The number of rotatable bonds is 6. The van der Waals surface area contributed by atoms with Crippen LogP contribution in [0.15, 0.2) is 21.8 Å². The number of nitrogen functional groups attached to an aromatic ring is 1. The number of nitrogens with one attached hydrogen (secondary N) is 1. The molecule has 13 nitrogen and oxygen atoms in total. The number of likely N-dealkylation sites (tertiary alicyclic amines) is 1. The van der Waals surface area contributed by atoms with Crippen LogP contribution in [0.4, 0.5) is 9.93 Å². The van der Waals surface area contributed by atoms with E-state index in [-0.39, 0.29) is 64.0 Å². The van der Waals surface area contributed by atoms with Crippen molar-refractivity contribution in [3.8, 4) is 0 Å². The molecule has 0 radical (unpaired) electrons. The summed E-state index contributed by atoms with van der Waals surface area (Å²) >= 11 is 2.23. The smallest absolute Gasteiger partial charge is 0.543 e. The van der Waals surface area contributed by atoms with Crippen LogP contribution in [-0.4, -0.2) is 86.4 Å². The molecule has 16 heteroatoms. The Morgan fingerprint density at radius 3 is 2.67 bits per heavy atom. The molecule has 2 saturated heterocycles. The van der Waals surface area contributed by atoms with Crippen LogP contribution in [0, 0.1) is 0 Å². The first kappa shape index (κ1) is 25.3. The van der Waals surface area contributed by atoms with Crippen LogP contribution in [-0.2, 0) is 19.1 Å². The average molecular weight is 504 g/mol. The summed E-state index contributed by atoms with van der Waals surface area (Å²) in [5, 5.41) is 27.1. The van der Waals surface area contributed by atoms with Gasteiger partial charge < -0.3 is 35.8 Å². The van der Waals surface area contributed by atoms with Gasteiger partial charge in [-0.3, -0.25) is 14.5 Å². The van der Waals surface area contributed by atoms with Crippen molar-refractivity contribution in [1.29, 1.82) is 0 Å². The molecule has 1 aromatic rings. The maximum Gasteiger partial charge on any atom is 1.00 e. The van der Waals surface area contributed by atoms with Crippen LogP contribution in [0.25, 0.3) is 0 Å². The Labute approximate surface area is 217 Å². The molecule has 0 spiro atoms. The van der Waals surface area contributed by atoms with Gasteiger partial charge in [-0.15, -0.1) is 23.1 Å². The van der Waals surface area contributed by atoms with Crippen LogP contribution in [0.3, 0.4) is 0 Å². The Bertz CT molecular complexity index is 1060. The minimum Gasteiger partial charge on any atom is -0.543 e. The number of hydrogen-bond acceptors (Lipinski definition) is 12. The zero-order chi connectivity index (χ0) is 23.0. The van der Waals surface area contributed by atoms with Gasteiger partial charge in [0.2, 0.25) is 0 Å². The number of carboxylic acid groups (broad SMARTS) is 1. The molecule has 4 heterocycles. The predicted octanol–water partition coefficient (Wildman–Crippen LogP) is -4.85. The van der Waals surface area contributed by atoms with E-state index >= 15 is 0 Å². The number of hydrogen-bond donors (Lipinski definition) is 3. The summed E-state index contributed by atoms with van der Waals surface area (Å²) in [6, 6.07) is -1.06. The van der Waals surface area contributed by atoms with Gasteiger partial charge in [0.05, 0.1) is 11.7 Å². The van der Waals surface area contributed by atoms with Crippen LogP contribution >= 0.6 is 23.1 Å². The zero-order valence-electron chi connectivity index (χ0n) is 17.3. The van der Waals surface area contributed by atoms with E-state index in [9.17, 15) is 29.5 Å². The number of carbonyl (C=O) groups is 4. The number of β-lactam (4-membered cyclic amide) rings is 1. The standard InChI is InChI=1S/C17H18N6O7S2.Na/c18-16-19-8(6-32-16)9(21-29)12(24)20-10-13(25)23-11(15(26)27)7(5-31-14(10)23)4-30-17(28)22-2-1-3-22;/h6,10,14,29H,1-5H2,(H2,18,19)(H,20,24)(H,26,27);/q;+1/p-1/b21-9+;/t10?,14-;/m1./s1. The van der Waals surface area contributed by atoms with Gasteiger partial charge in [-0.05, 0) is 6.42 Å². The van der Waals surface area contributed by atoms with E-state index in [1.807, 2.05) is 0 Å². The van der Waals surface area contributed by atoms with Crippen LogP contribution < -0.4 is 45.7 Å². The largest absolute Gasteiger partial charge is 1.00 e. The molecule has 4 rings (SSSR count). The number of aromatic nitrogens is 1. The normalized spacial score (nSPS) is 21.9. The van der Waals surface area contributed by atoms with Gasteiger partial charge in [-0.2, -0.15) is 0 Å². The van der Waals surface area contributed by atoms with Gasteiger partial charge in [-0.1, -0.05) is 5.16 Å². The van der Waals surface area contributed by atoms with Crippen LogP contribution in [0.2, 0.25) is 0 Å². The number of anilines is 1. The summed E-state index contributed by atoms with van der Waals surface area (Å²) in [5.41, 5.74) is 4.99. The number of carboxylic acids is 1. The fourth-order valence-corrected chi connectivity index (χ4v) is 5.22. The molecule has 170 valence electrons. The first-order valence-corrected chi connectivity index (χ1v) is 11.3. The number of oxime groups is 1. The number of carbonyl (C=O) groups excluding carboxylic acids is 4. The quantitative estimate of drug-likeness (QED) is 0.111. The molecule has 1 aromatic heterocycles. The van der Waals surface area contributed by atoms with Crippen LogP contribution in [0.1, 0.15) is 12.1 Å². The second-order valence-corrected chi connectivity index (χ2v) is 9.01. The number of ether oxygens (including phenoxy) is 1. The zero-order valence-corrected chi connectivity index (χ0v) is 21.0. The minimum atomic E-state index is -1.58. The summed E-state index contributed by atoms with van der Waals surface area (Å²) < 4.78 is 5.15. The molecule has 4 N–H and O–H groups in total. The summed E-state index contributed by atoms with van der Waals surface area (Å²) in [4.78, 5) is 55.1. The molecule has 0 saturated carbocycles. The van der Waals surface area contributed by atoms with Crippen molar-refractivity contribution < 1.29 is 63.8 Å². The Hall–Kier alpha value is -2.33. The third-order valence-corrected chi connectivity index (χ3v) is 7.10. The summed E-state index contributed by atoms with van der Waals surface area (Å²) in [6.07, 6.45) is 0.334. The molecule has 1 unspecified atom stereocenters. The van der Waals surface area contributed by atoms with E-state index in [2.05, 4.69) is 15.5 Å². The van der Waals surface area contributed by atoms with Crippen molar-refractivity contribution in [2.24, 2.45) is 5.16 Å². The maximum absolute atomic E-state index is 12.7. The molecule has 0 aliphatic carbocycles. The molecule has 3 aliphatic heterocycles. The van der Waals surface area contributed by atoms with Gasteiger partial charge in [0.15, 0.2) is 10.8 Å². The van der Waals surface area contributed by atoms with Crippen molar-refractivity contribution in [2.45, 2.75) is 17.8 Å². The van der Waals surface area contributed by atoms with Crippen molar-refractivity contribution in [2.75, 3.05) is 31.2 Å². The molecular formula is C17H17N6NaO7S2. The van der Waals surface area contributed by atoms with E-state index in [1.54, 1.807) is 0 Å². The van der Waals surface area contributed by atoms with E-state index in [1.165, 1.54) is 22.0 Å². The Morgan fingerprint density at radius 1 is 1.39 bits per heavy atom. The predicted molar refractivity (Wildman–Crippen MR) is 109 cm³/mol. The minimum absolute atomic E-state index is 0. The number of thioether (sulfide) groups is 1. The van der Waals surface area contributed by atoms with Gasteiger partial charge in [0.25, 0.3) is 11.8 Å². The number of nitrogens with two attached hydrogens (primary N) is 1. The van der Waals surface area contributed by atoms with Crippen molar-refractivity contribution in [3.63, 3.8) is 0 Å². The van der Waals surface area contributed by atoms with Gasteiger partial charge in [0, 0.05) is 29.8 Å². The van der Waals surface area contributed by atoms with E-state index < -0.39 is 41.0 Å². The topological polar surface area (TPSA) is 191 Å². The first-order valence-electron chi connectivity index (χ1n) is 9.36. The summed E-state index contributed by atoms with van der Waals surface area (Å²) in [7, 11) is 0. The number of aliphatic carboxylic acids is 1. The first-order chi connectivity index (χ1) is 15.3. The Kier molecular flexibility index (Phi) is 7.89.